The molecule has 0 saturated heterocycles. The molecule has 4 aromatic rings. The zero-order valence-corrected chi connectivity index (χ0v) is 19.6. The lowest BCUT2D eigenvalue weighted by Gasteiger charge is -2.14. The van der Waals surface area contributed by atoms with Gasteiger partial charge >= 0.3 is 0 Å². The first kappa shape index (κ1) is 23.3. The minimum atomic E-state index is -4.14. The molecule has 1 amide bonds. The number of fused-ring (bicyclic) bond motifs is 1. The second-order valence-corrected chi connectivity index (χ2v) is 9.71. The predicted molar refractivity (Wildman–Crippen MR) is 131 cm³/mol. The van der Waals surface area contributed by atoms with E-state index in [1.54, 1.807) is 48.5 Å². The summed E-state index contributed by atoms with van der Waals surface area (Å²) in [6.45, 7) is 4.06. The topological polar surface area (TPSA) is 94.5 Å². The van der Waals surface area contributed by atoms with Gasteiger partial charge in [-0.25, -0.2) is 8.42 Å². The highest BCUT2D eigenvalue weighted by molar-refractivity contribution is 7.91. The number of amides is 1. The minimum absolute atomic E-state index is 0.0287. The van der Waals surface area contributed by atoms with Crippen LogP contribution in [-0.4, -0.2) is 25.5 Å². The monoisotopic (exact) mass is 476 g/mol. The van der Waals surface area contributed by atoms with Gasteiger partial charge in [-0.1, -0.05) is 29.8 Å². The number of ether oxygens (including phenoxy) is 1. The minimum Gasteiger partial charge on any atom is -0.494 e. The number of pyridine rings is 1. The number of sulfone groups is 1. The Hall–Kier alpha value is -3.91. The highest BCUT2D eigenvalue weighted by atomic mass is 32.2. The van der Waals surface area contributed by atoms with E-state index in [0.717, 1.165) is 5.56 Å². The lowest BCUT2D eigenvalue weighted by molar-refractivity contribution is -0.116. The van der Waals surface area contributed by atoms with E-state index in [9.17, 15) is 18.0 Å². The molecule has 0 aliphatic heterocycles. The van der Waals surface area contributed by atoms with Crippen LogP contribution in [0, 0.1) is 6.92 Å². The molecule has 0 atom stereocenters. The van der Waals surface area contributed by atoms with E-state index < -0.39 is 20.2 Å². The lowest BCUT2D eigenvalue weighted by Crippen LogP contribution is -2.23. The number of nitrogens with zero attached hydrogens (tertiary/aromatic N) is 1. The zero-order chi connectivity index (χ0) is 24.3. The molecular formula is C26H24N2O5S. The number of benzene rings is 3. The maximum absolute atomic E-state index is 13.4. The molecule has 34 heavy (non-hydrogen) atoms. The first-order valence-electron chi connectivity index (χ1n) is 10.8. The van der Waals surface area contributed by atoms with Crippen molar-refractivity contribution in [2.75, 3.05) is 11.9 Å². The molecule has 0 radical (unpaired) electrons. The van der Waals surface area contributed by atoms with Crippen LogP contribution in [0.15, 0.2) is 93.6 Å². The Morgan fingerprint density at radius 2 is 1.65 bits per heavy atom. The van der Waals surface area contributed by atoms with Crippen LogP contribution in [-0.2, 0) is 21.2 Å². The second kappa shape index (κ2) is 9.52. The van der Waals surface area contributed by atoms with Crippen molar-refractivity contribution in [1.29, 1.82) is 0 Å². The Morgan fingerprint density at radius 3 is 2.32 bits per heavy atom. The van der Waals surface area contributed by atoms with Crippen LogP contribution in [0.3, 0.4) is 0 Å². The first-order valence-corrected chi connectivity index (χ1v) is 12.2. The predicted octanol–water partition coefficient (Wildman–Crippen LogP) is 4.18. The maximum Gasteiger partial charge on any atom is 0.244 e. The molecule has 0 fully saturated rings. The van der Waals surface area contributed by atoms with Gasteiger partial charge in [0.05, 0.1) is 17.0 Å². The number of hydrogen-bond donors (Lipinski definition) is 1. The summed E-state index contributed by atoms with van der Waals surface area (Å²) >= 11 is 0. The molecule has 0 unspecified atom stereocenters. The van der Waals surface area contributed by atoms with Gasteiger partial charge in [-0.3, -0.25) is 9.59 Å². The van der Waals surface area contributed by atoms with Gasteiger partial charge in [0, 0.05) is 17.3 Å². The van der Waals surface area contributed by atoms with Crippen molar-refractivity contribution in [3.05, 3.63) is 94.8 Å². The number of carbonyl (C=O) groups is 1. The Labute approximate surface area is 197 Å². The van der Waals surface area contributed by atoms with Crippen molar-refractivity contribution in [2.45, 2.75) is 30.2 Å². The van der Waals surface area contributed by atoms with E-state index in [2.05, 4.69) is 5.32 Å². The summed E-state index contributed by atoms with van der Waals surface area (Å²) in [5, 5.41) is 3.02. The van der Waals surface area contributed by atoms with Crippen LogP contribution in [0.1, 0.15) is 12.5 Å². The average molecular weight is 477 g/mol. The zero-order valence-electron chi connectivity index (χ0n) is 18.8. The van der Waals surface area contributed by atoms with Crippen LogP contribution in [0.25, 0.3) is 10.9 Å². The Kier molecular flexibility index (Phi) is 6.51. The van der Waals surface area contributed by atoms with E-state index in [1.807, 2.05) is 26.0 Å². The van der Waals surface area contributed by atoms with Gasteiger partial charge in [-0.05, 0) is 62.4 Å². The third-order valence-corrected chi connectivity index (χ3v) is 7.10. The van der Waals surface area contributed by atoms with E-state index in [4.69, 9.17) is 4.74 Å². The molecule has 0 bridgehead atoms. The molecule has 8 heteroatoms. The number of hydrogen-bond acceptors (Lipinski definition) is 5. The van der Waals surface area contributed by atoms with E-state index in [0.29, 0.717) is 23.6 Å². The second-order valence-electron chi connectivity index (χ2n) is 7.79. The largest absolute Gasteiger partial charge is 0.494 e. The number of anilines is 1. The molecule has 0 aliphatic rings. The Balaban J connectivity index is 1.75. The lowest BCUT2D eigenvalue weighted by atomic mass is 10.2. The summed E-state index contributed by atoms with van der Waals surface area (Å²) in [7, 11) is -4.14. The van der Waals surface area contributed by atoms with E-state index >= 15 is 0 Å². The molecule has 1 aromatic heterocycles. The number of aromatic nitrogens is 1. The van der Waals surface area contributed by atoms with Crippen molar-refractivity contribution >= 4 is 32.3 Å². The Bertz CT molecular complexity index is 1510. The standard InChI is InChI=1S/C26H24N2O5S/c1-3-33-20-12-14-21(15-13-20)34(31,32)24-16-28(23-7-5-4-6-22(23)26(24)30)17-25(29)27-19-10-8-18(2)9-11-19/h4-16H,3,17H2,1-2H3,(H,27,29). The number of para-hydroxylation sites is 1. The van der Waals surface area contributed by atoms with Crippen LogP contribution >= 0.6 is 0 Å². The molecule has 7 nitrogen and oxygen atoms in total. The third kappa shape index (κ3) is 4.72. The van der Waals surface area contributed by atoms with Gasteiger partial charge in [0.25, 0.3) is 0 Å². The van der Waals surface area contributed by atoms with Crippen LogP contribution in [0.2, 0.25) is 0 Å². The van der Waals surface area contributed by atoms with Crippen molar-refractivity contribution in [2.24, 2.45) is 0 Å². The quantitative estimate of drug-likeness (QED) is 0.432. The van der Waals surface area contributed by atoms with Gasteiger partial charge in [-0.2, -0.15) is 0 Å². The maximum atomic E-state index is 13.4. The molecular weight excluding hydrogens is 452 g/mol. The molecule has 0 spiro atoms. The van der Waals surface area contributed by atoms with Gasteiger partial charge < -0.3 is 14.6 Å². The van der Waals surface area contributed by atoms with Gasteiger partial charge in [0.2, 0.25) is 21.2 Å². The fourth-order valence-corrected chi connectivity index (χ4v) is 5.01. The number of carbonyl (C=O) groups excluding carboxylic acids is 1. The number of rotatable bonds is 7. The summed E-state index contributed by atoms with van der Waals surface area (Å²) in [5.74, 6) is 0.187. The number of nitrogens with one attached hydrogen (secondary N) is 1. The fourth-order valence-electron chi connectivity index (χ4n) is 3.64. The fraction of sp³-hybridized carbons (Fsp3) is 0.154. The van der Waals surface area contributed by atoms with E-state index in [-0.39, 0.29) is 22.7 Å². The molecule has 174 valence electrons. The van der Waals surface area contributed by atoms with Crippen molar-refractivity contribution < 1.29 is 17.9 Å². The smallest absolute Gasteiger partial charge is 0.244 e. The summed E-state index contributed by atoms with van der Waals surface area (Å²) in [4.78, 5) is 25.5. The molecule has 3 aromatic carbocycles. The van der Waals surface area contributed by atoms with Gasteiger partial charge in [-0.15, -0.1) is 0 Å². The summed E-state index contributed by atoms with van der Waals surface area (Å²) in [6.07, 6.45) is 1.24. The molecule has 1 heterocycles. The SMILES string of the molecule is CCOc1ccc(S(=O)(=O)c2cn(CC(=O)Nc3ccc(C)cc3)c3ccccc3c2=O)cc1. The van der Waals surface area contributed by atoms with Crippen molar-refractivity contribution in [3.8, 4) is 5.75 Å². The molecule has 0 aliphatic carbocycles. The van der Waals surface area contributed by atoms with Crippen LogP contribution in [0.4, 0.5) is 5.69 Å². The van der Waals surface area contributed by atoms with Crippen molar-refractivity contribution in [1.82, 2.24) is 4.57 Å². The Morgan fingerprint density at radius 1 is 0.971 bits per heavy atom. The molecule has 4 rings (SSSR count). The van der Waals surface area contributed by atoms with Crippen LogP contribution < -0.4 is 15.5 Å². The summed E-state index contributed by atoms with van der Waals surface area (Å²) in [6, 6.07) is 19.9. The van der Waals surface area contributed by atoms with Crippen LogP contribution in [0.5, 0.6) is 5.75 Å². The van der Waals surface area contributed by atoms with Crippen molar-refractivity contribution in [3.63, 3.8) is 0 Å². The molecule has 1 N–H and O–H groups in total. The third-order valence-electron chi connectivity index (χ3n) is 5.34. The highest BCUT2D eigenvalue weighted by Gasteiger charge is 2.24. The average Bonchev–Trinajstić information content (AvgIpc) is 2.83. The first-order chi connectivity index (χ1) is 16.3. The van der Waals surface area contributed by atoms with Gasteiger partial charge in [0.1, 0.15) is 17.2 Å². The molecule has 0 saturated carbocycles. The van der Waals surface area contributed by atoms with E-state index in [1.165, 1.54) is 22.9 Å². The normalized spacial score (nSPS) is 11.4. The number of aryl methyl sites for hydroxylation is 1. The van der Waals surface area contributed by atoms with Gasteiger partial charge in [0.15, 0.2) is 0 Å². The summed E-state index contributed by atoms with van der Waals surface area (Å²) in [5.41, 5.74) is 1.55. The summed E-state index contributed by atoms with van der Waals surface area (Å²) < 4.78 is 33.6. The highest BCUT2D eigenvalue weighted by Crippen LogP contribution is 2.23.